The molecule has 2 aromatic rings. The number of carbonyl (C=O) groups excluding carboxylic acids is 3. The standard InChI is InChI=1S/C28H26N2O5/c31-24-13-15-30(28(33)35-18-19-7-2-1-3-8-19)26(27(32)29-23-11-5-4-10-22(23)24)21-9-6-12-25-20(17-21)14-16-34-25/h1-11,17,26H,12-16,18H2,(H,29,32)/t26-/m1/s1. The van der Waals surface area contributed by atoms with Crippen molar-refractivity contribution < 1.29 is 23.9 Å². The molecule has 0 saturated heterocycles. The van der Waals surface area contributed by atoms with Crippen LogP contribution in [0, 0.1) is 0 Å². The first-order chi connectivity index (χ1) is 17.1. The maximum atomic E-state index is 13.7. The Hall–Kier alpha value is -4.13. The summed E-state index contributed by atoms with van der Waals surface area (Å²) in [6.45, 7) is 0.715. The molecule has 0 bridgehead atoms. The third-order valence-corrected chi connectivity index (χ3v) is 6.34. The number of nitrogens with one attached hydrogen (secondary N) is 1. The van der Waals surface area contributed by atoms with Crippen LogP contribution in [0.25, 0.3) is 0 Å². The fraction of sp³-hybridized carbons (Fsp3) is 0.250. The SMILES string of the molecule is O=C1CCN(C(=O)OCc2ccccc2)[C@H](C2=CC3=C(CC=C2)OCC3)C(=O)Nc2ccccc21. The van der Waals surface area contributed by atoms with Gasteiger partial charge in [-0.25, -0.2) is 4.79 Å². The number of allylic oxidation sites excluding steroid dienone is 2. The number of anilines is 1. The van der Waals surface area contributed by atoms with Crippen LogP contribution in [0.5, 0.6) is 0 Å². The van der Waals surface area contributed by atoms with E-state index in [1.54, 1.807) is 24.3 Å². The maximum absolute atomic E-state index is 13.7. The second kappa shape index (κ2) is 10.0. The molecule has 1 aliphatic carbocycles. The molecule has 0 spiro atoms. The molecule has 7 heteroatoms. The largest absolute Gasteiger partial charge is 0.497 e. The number of fused-ring (bicyclic) bond motifs is 1. The van der Waals surface area contributed by atoms with Gasteiger partial charge in [0.1, 0.15) is 18.4 Å². The van der Waals surface area contributed by atoms with Crippen molar-refractivity contribution >= 4 is 23.5 Å². The zero-order chi connectivity index (χ0) is 24.2. The first kappa shape index (κ1) is 22.7. The normalized spacial score (nSPS) is 19.8. The topological polar surface area (TPSA) is 84.9 Å². The van der Waals surface area contributed by atoms with Gasteiger partial charge in [0.2, 0.25) is 0 Å². The maximum Gasteiger partial charge on any atom is 0.411 e. The molecule has 5 rings (SSSR count). The second-order valence-electron chi connectivity index (χ2n) is 8.64. The molecule has 1 N–H and O–H groups in total. The van der Waals surface area contributed by atoms with Crippen LogP contribution >= 0.6 is 0 Å². The number of benzene rings is 2. The minimum absolute atomic E-state index is 0.0481. The Labute approximate surface area is 203 Å². The van der Waals surface area contributed by atoms with Gasteiger partial charge < -0.3 is 14.8 Å². The molecule has 0 aromatic heterocycles. The van der Waals surface area contributed by atoms with Crippen LogP contribution in [0.1, 0.15) is 35.2 Å². The van der Waals surface area contributed by atoms with E-state index >= 15 is 0 Å². The average molecular weight is 471 g/mol. The summed E-state index contributed by atoms with van der Waals surface area (Å²) in [6.07, 6.45) is 6.51. The van der Waals surface area contributed by atoms with Crippen molar-refractivity contribution in [2.24, 2.45) is 0 Å². The molecule has 2 aliphatic heterocycles. The highest BCUT2D eigenvalue weighted by Gasteiger charge is 2.36. The third-order valence-electron chi connectivity index (χ3n) is 6.34. The van der Waals surface area contributed by atoms with E-state index in [2.05, 4.69) is 5.32 Å². The minimum Gasteiger partial charge on any atom is -0.497 e. The Bertz CT molecular complexity index is 1250. The van der Waals surface area contributed by atoms with Crippen molar-refractivity contribution in [3.05, 3.63) is 101 Å². The van der Waals surface area contributed by atoms with Gasteiger partial charge in [-0.2, -0.15) is 0 Å². The Morgan fingerprint density at radius 3 is 2.71 bits per heavy atom. The van der Waals surface area contributed by atoms with E-state index in [0.717, 1.165) is 23.3 Å². The number of carbonyl (C=O) groups is 3. The van der Waals surface area contributed by atoms with Crippen LogP contribution in [0.2, 0.25) is 0 Å². The molecular weight excluding hydrogens is 444 g/mol. The van der Waals surface area contributed by atoms with Crippen molar-refractivity contribution in [1.82, 2.24) is 4.90 Å². The van der Waals surface area contributed by atoms with Crippen molar-refractivity contribution in [3.8, 4) is 0 Å². The highest BCUT2D eigenvalue weighted by atomic mass is 16.6. The number of para-hydroxylation sites is 1. The van der Waals surface area contributed by atoms with Crippen LogP contribution in [0.4, 0.5) is 10.5 Å². The summed E-state index contributed by atoms with van der Waals surface area (Å²) in [7, 11) is 0. The number of Topliss-reactive ketones (excluding diaryl/α,β-unsaturated/α-hetero) is 1. The first-order valence-corrected chi connectivity index (χ1v) is 11.7. The van der Waals surface area contributed by atoms with Crippen LogP contribution in [-0.4, -0.2) is 41.9 Å². The number of nitrogens with zero attached hydrogens (tertiary/aromatic N) is 1. The summed E-state index contributed by atoms with van der Waals surface area (Å²) in [5.74, 6) is 0.336. The summed E-state index contributed by atoms with van der Waals surface area (Å²) in [5.41, 5.74) is 3.38. The van der Waals surface area contributed by atoms with E-state index < -0.39 is 18.0 Å². The summed E-state index contributed by atoms with van der Waals surface area (Å²) < 4.78 is 11.3. The molecule has 7 nitrogen and oxygen atoms in total. The van der Waals surface area contributed by atoms with Crippen LogP contribution in [0.15, 0.2) is 89.7 Å². The average Bonchev–Trinajstić information content (AvgIpc) is 3.24. The molecule has 0 fully saturated rings. The predicted octanol–water partition coefficient (Wildman–Crippen LogP) is 4.78. The van der Waals surface area contributed by atoms with E-state index in [0.29, 0.717) is 29.9 Å². The molecular formula is C28H26N2O5. The summed E-state index contributed by atoms with van der Waals surface area (Å²) >= 11 is 0. The zero-order valence-corrected chi connectivity index (χ0v) is 19.2. The zero-order valence-electron chi connectivity index (χ0n) is 19.2. The fourth-order valence-electron chi connectivity index (χ4n) is 4.57. The molecule has 2 amide bonds. The Morgan fingerprint density at radius 2 is 1.86 bits per heavy atom. The van der Waals surface area contributed by atoms with Crippen molar-refractivity contribution in [2.45, 2.75) is 31.9 Å². The monoisotopic (exact) mass is 470 g/mol. The van der Waals surface area contributed by atoms with Gasteiger partial charge in [-0.05, 0) is 34.9 Å². The van der Waals surface area contributed by atoms with E-state index in [4.69, 9.17) is 9.47 Å². The molecule has 178 valence electrons. The molecule has 0 saturated carbocycles. The van der Waals surface area contributed by atoms with Gasteiger partial charge in [0.15, 0.2) is 5.78 Å². The van der Waals surface area contributed by atoms with E-state index in [1.807, 2.05) is 48.6 Å². The Balaban J connectivity index is 1.51. The number of ketones is 1. The van der Waals surface area contributed by atoms with E-state index in [9.17, 15) is 14.4 Å². The predicted molar refractivity (Wildman–Crippen MR) is 131 cm³/mol. The lowest BCUT2D eigenvalue weighted by atomic mass is 10.0. The van der Waals surface area contributed by atoms with Crippen LogP contribution in [-0.2, 0) is 20.9 Å². The highest BCUT2D eigenvalue weighted by Crippen LogP contribution is 2.31. The Kier molecular flexibility index (Phi) is 6.48. The smallest absolute Gasteiger partial charge is 0.411 e. The molecule has 3 aliphatic rings. The van der Waals surface area contributed by atoms with Gasteiger partial charge in [-0.1, -0.05) is 54.6 Å². The third kappa shape index (κ3) is 4.89. The molecule has 2 aromatic carbocycles. The van der Waals surface area contributed by atoms with Crippen molar-refractivity contribution in [2.75, 3.05) is 18.5 Å². The summed E-state index contributed by atoms with van der Waals surface area (Å²) in [4.78, 5) is 41.4. The highest BCUT2D eigenvalue weighted by molar-refractivity contribution is 6.08. The lowest BCUT2D eigenvalue weighted by Gasteiger charge is -2.30. The minimum atomic E-state index is -0.971. The van der Waals surface area contributed by atoms with Gasteiger partial charge in [-0.15, -0.1) is 0 Å². The Morgan fingerprint density at radius 1 is 1.06 bits per heavy atom. The fourth-order valence-corrected chi connectivity index (χ4v) is 4.57. The number of ether oxygens (including phenoxy) is 2. The van der Waals surface area contributed by atoms with Gasteiger partial charge >= 0.3 is 6.09 Å². The van der Waals surface area contributed by atoms with Gasteiger partial charge in [0.25, 0.3) is 5.91 Å². The second-order valence-corrected chi connectivity index (χ2v) is 8.64. The molecule has 2 heterocycles. The van der Waals surface area contributed by atoms with Crippen LogP contribution < -0.4 is 5.32 Å². The number of rotatable bonds is 3. The number of amides is 2. The lowest BCUT2D eigenvalue weighted by Crippen LogP contribution is -2.48. The summed E-state index contributed by atoms with van der Waals surface area (Å²) in [5, 5.41) is 2.89. The van der Waals surface area contributed by atoms with Crippen molar-refractivity contribution in [1.29, 1.82) is 0 Å². The van der Waals surface area contributed by atoms with E-state index in [1.165, 1.54) is 4.90 Å². The molecule has 0 unspecified atom stereocenters. The molecule has 1 atom stereocenters. The molecule has 0 radical (unpaired) electrons. The van der Waals surface area contributed by atoms with Crippen molar-refractivity contribution in [3.63, 3.8) is 0 Å². The number of hydrogen-bond acceptors (Lipinski definition) is 5. The molecule has 35 heavy (non-hydrogen) atoms. The quantitative estimate of drug-likeness (QED) is 0.698. The number of hydrogen-bond donors (Lipinski definition) is 1. The van der Waals surface area contributed by atoms with Gasteiger partial charge in [0.05, 0.1) is 12.3 Å². The van der Waals surface area contributed by atoms with Gasteiger partial charge in [-0.3, -0.25) is 14.5 Å². The van der Waals surface area contributed by atoms with Crippen LogP contribution in [0.3, 0.4) is 0 Å². The first-order valence-electron chi connectivity index (χ1n) is 11.7. The van der Waals surface area contributed by atoms with E-state index in [-0.39, 0.29) is 25.4 Å². The van der Waals surface area contributed by atoms with Gasteiger partial charge in [0, 0.05) is 31.4 Å². The summed E-state index contributed by atoms with van der Waals surface area (Å²) in [6, 6.07) is 15.3. The lowest BCUT2D eigenvalue weighted by molar-refractivity contribution is -0.119.